The third-order valence-electron chi connectivity index (χ3n) is 1.41. The smallest absolute Gasteiger partial charge is 0.357 e. The van der Waals surface area contributed by atoms with Crippen LogP contribution in [-0.4, -0.2) is 18.1 Å². The highest BCUT2D eigenvalue weighted by atomic mass is 32.1. The van der Waals surface area contributed by atoms with E-state index in [0.29, 0.717) is 5.69 Å². The van der Waals surface area contributed by atoms with Gasteiger partial charge >= 0.3 is 5.97 Å². The minimum absolute atomic E-state index is 0.353. The first-order chi connectivity index (χ1) is 5.77. The maximum absolute atomic E-state index is 11.0. The molecule has 0 N–H and O–H groups in total. The second-order valence-corrected chi connectivity index (χ2v) is 3.31. The first-order valence-corrected chi connectivity index (χ1v) is 4.68. The molecule has 1 heterocycles. The van der Waals surface area contributed by atoms with Crippen molar-refractivity contribution >= 4 is 17.3 Å². The van der Waals surface area contributed by atoms with Crippen molar-refractivity contribution < 1.29 is 9.53 Å². The normalized spacial score (nSPS) is 9.83. The number of hydrogen-bond acceptors (Lipinski definition) is 4. The van der Waals surface area contributed by atoms with Crippen LogP contribution in [0.5, 0.6) is 0 Å². The van der Waals surface area contributed by atoms with E-state index in [0.717, 1.165) is 17.8 Å². The molecule has 0 fully saturated rings. The SMILES string of the molecule is CCCc1nc(C(=O)OC)cs1. The number of carbonyl (C=O) groups is 1. The lowest BCUT2D eigenvalue weighted by Crippen LogP contribution is -2.01. The van der Waals surface area contributed by atoms with Gasteiger partial charge in [-0.05, 0) is 12.8 Å². The summed E-state index contributed by atoms with van der Waals surface area (Å²) in [5.41, 5.74) is 0.422. The molecule has 4 heteroatoms. The fourth-order valence-electron chi connectivity index (χ4n) is 0.838. The lowest BCUT2D eigenvalue weighted by atomic mass is 10.3. The number of carbonyl (C=O) groups excluding carboxylic acids is 1. The molecule has 0 atom stereocenters. The van der Waals surface area contributed by atoms with Crippen molar-refractivity contribution in [2.75, 3.05) is 7.11 Å². The summed E-state index contributed by atoms with van der Waals surface area (Å²) in [6.45, 7) is 2.08. The van der Waals surface area contributed by atoms with E-state index in [1.165, 1.54) is 18.4 Å². The Labute approximate surface area is 75.4 Å². The van der Waals surface area contributed by atoms with Gasteiger partial charge in [0, 0.05) is 5.38 Å². The van der Waals surface area contributed by atoms with E-state index in [1.54, 1.807) is 5.38 Å². The molecule has 0 saturated carbocycles. The highest BCUT2D eigenvalue weighted by Gasteiger charge is 2.09. The van der Waals surface area contributed by atoms with Crippen molar-refractivity contribution in [2.45, 2.75) is 19.8 Å². The Morgan fingerprint density at radius 2 is 2.50 bits per heavy atom. The Morgan fingerprint density at radius 3 is 3.08 bits per heavy atom. The Kier molecular flexibility index (Phi) is 3.22. The van der Waals surface area contributed by atoms with E-state index in [1.807, 2.05) is 0 Å². The van der Waals surface area contributed by atoms with E-state index in [2.05, 4.69) is 16.6 Å². The minimum Gasteiger partial charge on any atom is -0.464 e. The number of aromatic nitrogens is 1. The predicted molar refractivity (Wildman–Crippen MR) is 47.4 cm³/mol. The van der Waals surface area contributed by atoms with Crippen LogP contribution < -0.4 is 0 Å². The third-order valence-corrected chi connectivity index (χ3v) is 2.32. The van der Waals surface area contributed by atoms with Crippen molar-refractivity contribution in [3.63, 3.8) is 0 Å². The monoisotopic (exact) mass is 185 g/mol. The first kappa shape index (κ1) is 9.19. The molecule has 0 radical (unpaired) electrons. The highest BCUT2D eigenvalue weighted by molar-refractivity contribution is 7.09. The molecule has 12 heavy (non-hydrogen) atoms. The standard InChI is InChI=1S/C8H11NO2S/c1-3-4-7-9-6(5-12-7)8(10)11-2/h5H,3-4H2,1-2H3. The van der Waals surface area contributed by atoms with Crippen LogP contribution in [0.2, 0.25) is 0 Å². The van der Waals surface area contributed by atoms with Gasteiger partial charge in [-0.2, -0.15) is 0 Å². The van der Waals surface area contributed by atoms with E-state index < -0.39 is 0 Å². The van der Waals surface area contributed by atoms with E-state index >= 15 is 0 Å². The molecule has 66 valence electrons. The molecular weight excluding hydrogens is 174 g/mol. The van der Waals surface area contributed by atoms with Crippen LogP contribution >= 0.6 is 11.3 Å². The van der Waals surface area contributed by atoms with Gasteiger partial charge in [0.2, 0.25) is 0 Å². The quantitative estimate of drug-likeness (QED) is 0.675. The predicted octanol–water partition coefficient (Wildman–Crippen LogP) is 1.88. The van der Waals surface area contributed by atoms with Crippen LogP contribution in [0, 0.1) is 0 Å². The molecule has 0 spiro atoms. The average molecular weight is 185 g/mol. The van der Waals surface area contributed by atoms with Crippen LogP contribution in [0.25, 0.3) is 0 Å². The second kappa shape index (κ2) is 4.21. The molecule has 0 aliphatic carbocycles. The third kappa shape index (κ3) is 2.04. The molecule has 1 rings (SSSR count). The van der Waals surface area contributed by atoms with E-state index in [4.69, 9.17) is 0 Å². The molecule has 0 saturated heterocycles. The van der Waals surface area contributed by atoms with Gasteiger partial charge in [0.05, 0.1) is 12.1 Å². The average Bonchev–Trinajstić information content (AvgIpc) is 2.52. The molecule has 0 unspecified atom stereocenters. The van der Waals surface area contributed by atoms with Gasteiger partial charge in [0.1, 0.15) is 0 Å². The minimum atomic E-state index is -0.353. The molecule has 1 aromatic rings. The number of methoxy groups -OCH3 is 1. The molecule has 0 aliphatic rings. The summed E-state index contributed by atoms with van der Waals surface area (Å²) in [7, 11) is 1.36. The number of rotatable bonds is 3. The number of aryl methyl sites for hydroxylation is 1. The zero-order valence-electron chi connectivity index (χ0n) is 7.16. The number of ether oxygens (including phenoxy) is 1. The van der Waals surface area contributed by atoms with Crippen LogP contribution in [0.15, 0.2) is 5.38 Å². The Bertz CT molecular complexity index is 270. The van der Waals surface area contributed by atoms with Crippen LogP contribution in [-0.2, 0) is 11.2 Å². The summed E-state index contributed by atoms with van der Waals surface area (Å²) in [6.07, 6.45) is 1.98. The Morgan fingerprint density at radius 1 is 1.75 bits per heavy atom. The fourth-order valence-corrected chi connectivity index (χ4v) is 1.71. The van der Waals surface area contributed by atoms with Crippen molar-refractivity contribution in [3.8, 4) is 0 Å². The summed E-state index contributed by atoms with van der Waals surface area (Å²) >= 11 is 1.51. The zero-order chi connectivity index (χ0) is 8.97. The van der Waals surface area contributed by atoms with Gasteiger partial charge in [0.15, 0.2) is 5.69 Å². The summed E-state index contributed by atoms with van der Waals surface area (Å²) < 4.78 is 4.53. The molecular formula is C8H11NO2S. The van der Waals surface area contributed by atoms with Crippen LogP contribution in [0.3, 0.4) is 0 Å². The van der Waals surface area contributed by atoms with Gasteiger partial charge in [-0.15, -0.1) is 11.3 Å². The zero-order valence-corrected chi connectivity index (χ0v) is 7.98. The topological polar surface area (TPSA) is 39.2 Å². The molecule has 0 bridgehead atoms. The number of nitrogens with zero attached hydrogens (tertiary/aromatic N) is 1. The molecule has 1 aromatic heterocycles. The highest BCUT2D eigenvalue weighted by Crippen LogP contribution is 2.11. The summed E-state index contributed by atoms with van der Waals surface area (Å²) in [5, 5.41) is 2.73. The first-order valence-electron chi connectivity index (χ1n) is 3.80. The molecule has 0 aromatic carbocycles. The summed E-state index contributed by atoms with van der Waals surface area (Å²) in [5.74, 6) is -0.353. The van der Waals surface area contributed by atoms with Gasteiger partial charge in [0.25, 0.3) is 0 Å². The fraction of sp³-hybridized carbons (Fsp3) is 0.500. The van der Waals surface area contributed by atoms with Crippen molar-refractivity contribution in [3.05, 3.63) is 16.1 Å². The van der Waals surface area contributed by atoms with Gasteiger partial charge in [-0.25, -0.2) is 9.78 Å². The van der Waals surface area contributed by atoms with Gasteiger partial charge in [-0.3, -0.25) is 0 Å². The van der Waals surface area contributed by atoms with Crippen molar-refractivity contribution in [2.24, 2.45) is 0 Å². The Hall–Kier alpha value is -0.900. The number of thiazole rings is 1. The van der Waals surface area contributed by atoms with Crippen LogP contribution in [0.1, 0.15) is 28.8 Å². The number of esters is 1. The number of hydrogen-bond donors (Lipinski definition) is 0. The Balaban J connectivity index is 2.70. The van der Waals surface area contributed by atoms with Crippen molar-refractivity contribution in [1.29, 1.82) is 0 Å². The lowest BCUT2D eigenvalue weighted by molar-refractivity contribution is 0.0594. The van der Waals surface area contributed by atoms with Crippen molar-refractivity contribution in [1.82, 2.24) is 4.98 Å². The van der Waals surface area contributed by atoms with E-state index in [-0.39, 0.29) is 5.97 Å². The van der Waals surface area contributed by atoms with Gasteiger partial charge in [-0.1, -0.05) is 6.92 Å². The molecule has 3 nitrogen and oxygen atoms in total. The maximum Gasteiger partial charge on any atom is 0.357 e. The molecule has 0 aliphatic heterocycles. The van der Waals surface area contributed by atoms with Gasteiger partial charge < -0.3 is 4.74 Å². The lowest BCUT2D eigenvalue weighted by Gasteiger charge is -1.91. The van der Waals surface area contributed by atoms with Crippen LogP contribution in [0.4, 0.5) is 0 Å². The summed E-state index contributed by atoms with van der Waals surface area (Å²) in [6, 6.07) is 0. The molecule has 0 amide bonds. The maximum atomic E-state index is 11.0. The summed E-state index contributed by atoms with van der Waals surface area (Å²) in [4.78, 5) is 15.1. The largest absolute Gasteiger partial charge is 0.464 e. The van der Waals surface area contributed by atoms with E-state index in [9.17, 15) is 4.79 Å². The second-order valence-electron chi connectivity index (χ2n) is 2.37.